The summed E-state index contributed by atoms with van der Waals surface area (Å²) in [6.07, 6.45) is 0. The average molecular weight is 352 g/mol. The molecule has 0 spiro atoms. The number of rotatable bonds is 5. The molecule has 0 aliphatic heterocycles. The van der Waals surface area contributed by atoms with Gasteiger partial charge in [-0.05, 0) is 30.3 Å². The summed E-state index contributed by atoms with van der Waals surface area (Å²) >= 11 is 0. The molecule has 0 aliphatic carbocycles. The second-order valence-corrected chi connectivity index (χ2v) is 5.24. The maximum absolute atomic E-state index is 12.0. The number of azo groups is 1. The zero-order valence-electron chi connectivity index (χ0n) is 14.2. The molecule has 1 N–H and O–H groups in total. The number of hydrogen-bond donors (Lipinski definition) is 1. The van der Waals surface area contributed by atoms with E-state index in [1.807, 2.05) is 0 Å². The van der Waals surface area contributed by atoms with E-state index < -0.39 is 11.9 Å². The minimum atomic E-state index is -0.515. The number of amides is 1. The molecule has 0 unspecified atom stereocenters. The molecule has 0 saturated carbocycles. The van der Waals surface area contributed by atoms with Crippen molar-refractivity contribution in [3.63, 3.8) is 0 Å². The zero-order valence-corrected chi connectivity index (χ0v) is 14.2. The molecule has 2 aromatic carbocycles. The predicted molar refractivity (Wildman–Crippen MR) is 94.2 cm³/mol. The van der Waals surface area contributed by atoms with Gasteiger partial charge in [-0.25, -0.2) is 0 Å². The third kappa shape index (κ3) is 3.56. The van der Waals surface area contributed by atoms with Crippen LogP contribution in [0.15, 0.2) is 69.2 Å². The molecule has 0 aliphatic rings. The number of carbonyl (C=O) groups is 1. The van der Waals surface area contributed by atoms with E-state index in [0.717, 1.165) is 0 Å². The second kappa shape index (κ2) is 7.52. The van der Waals surface area contributed by atoms with Gasteiger partial charge in [0, 0.05) is 17.2 Å². The normalized spacial score (nSPS) is 10.8. The van der Waals surface area contributed by atoms with Crippen molar-refractivity contribution in [1.29, 1.82) is 0 Å². The van der Waals surface area contributed by atoms with E-state index in [1.165, 1.54) is 13.2 Å². The molecule has 0 saturated heterocycles. The van der Waals surface area contributed by atoms with Crippen molar-refractivity contribution in [3.8, 4) is 28.8 Å². The maximum Gasteiger partial charge on any atom is 0.311 e. The van der Waals surface area contributed by atoms with Crippen molar-refractivity contribution >= 4 is 11.6 Å². The van der Waals surface area contributed by atoms with E-state index in [9.17, 15) is 9.90 Å². The van der Waals surface area contributed by atoms with Gasteiger partial charge in [-0.15, -0.1) is 10.2 Å². The molecule has 1 heterocycles. The molecule has 0 fully saturated rings. The van der Waals surface area contributed by atoms with Crippen LogP contribution in [0.25, 0.3) is 11.3 Å². The third-order valence-electron chi connectivity index (χ3n) is 3.63. The van der Waals surface area contributed by atoms with Crippen molar-refractivity contribution in [2.75, 3.05) is 14.2 Å². The Bertz CT molecular complexity index is 948. The largest absolute Gasteiger partial charge is 0.493 e. The Labute approximate surface area is 149 Å². The van der Waals surface area contributed by atoms with Gasteiger partial charge in [-0.1, -0.05) is 18.2 Å². The molecule has 3 aromatic rings. The first-order valence-electron chi connectivity index (χ1n) is 7.68. The molecule has 26 heavy (non-hydrogen) atoms. The highest BCUT2D eigenvalue weighted by Gasteiger charge is 2.14. The van der Waals surface area contributed by atoms with Gasteiger partial charge in [0.15, 0.2) is 17.2 Å². The fourth-order valence-electron chi connectivity index (χ4n) is 2.31. The molecule has 3 rings (SSSR count). The summed E-state index contributed by atoms with van der Waals surface area (Å²) in [6, 6.07) is 15.2. The monoisotopic (exact) mass is 352 g/mol. The van der Waals surface area contributed by atoms with Crippen LogP contribution < -0.4 is 9.47 Å². The number of carbonyl (C=O) groups excluding carboxylic acids is 1. The summed E-state index contributed by atoms with van der Waals surface area (Å²) in [5.74, 6) is 0.492. The first-order chi connectivity index (χ1) is 12.6. The van der Waals surface area contributed by atoms with E-state index in [4.69, 9.17) is 13.9 Å². The first kappa shape index (κ1) is 17.2. The van der Waals surface area contributed by atoms with Crippen molar-refractivity contribution < 1.29 is 23.8 Å². The Balaban J connectivity index is 1.85. The topological polar surface area (TPSA) is 93.6 Å². The molecule has 1 amide bonds. The smallest absolute Gasteiger partial charge is 0.311 e. The fourth-order valence-corrected chi connectivity index (χ4v) is 2.31. The summed E-state index contributed by atoms with van der Waals surface area (Å²) in [4.78, 5) is 12.0. The Morgan fingerprint density at radius 3 is 2.42 bits per heavy atom. The number of benzene rings is 2. The van der Waals surface area contributed by atoms with E-state index in [-0.39, 0.29) is 5.69 Å². The quantitative estimate of drug-likeness (QED) is 0.678. The third-order valence-corrected chi connectivity index (χ3v) is 3.63. The highest BCUT2D eigenvalue weighted by molar-refractivity contribution is 5.94. The summed E-state index contributed by atoms with van der Waals surface area (Å²) in [6.45, 7) is 0. The number of ether oxygens (including phenoxy) is 2. The van der Waals surface area contributed by atoms with Crippen LogP contribution >= 0.6 is 0 Å². The van der Waals surface area contributed by atoms with Crippen LogP contribution in [0.5, 0.6) is 17.4 Å². The van der Waals surface area contributed by atoms with Crippen LogP contribution in [-0.4, -0.2) is 25.2 Å². The number of aromatic hydroxyl groups is 1. The van der Waals surface area contributed by atoms with Crippen LogP contribution in [-0.2, 0) is 0 Å². The number of nitrogens with zero attached hydrogens (tertiary/aromatic N) is 2. The molecule has 7 nitrogen and oxygen atoms in total. The van der Waals surface area contributed by atoms with E-state index in [1.54, 1.807) is 55.6 Å². The van der Waals surface area contributed by atoms with Gasteiger partial charge in [0.1, 0.15) is 5.76 Å². The van der Waals surface area contributed by atoms with Gasteiger partial charge in [0.05, 0.1) is 14.2 Å². The van der Waals surface area contributed by atoms with Gasteiger partial charge >= 0.3 is 5.95 Å². The molecular formula is C19H16N2O5. The lowest BCUT2D eigenvalue weighted by Gasteiger charge is -2.08. The summed E-state index contributed by atoms with van der Waals surface area (Å²) in [7, 11) is 3.06. The predicted octanol–water partition coefficient (Wildman–Crippen LogP) is 4.59. The van der Waals surface area contributed by atoms with Crippen LogP contribution in [0.4, 0.5) is 5.69 Å². The van der Waals surface area contributed by atoms with Crippen LogP contribution in [0.1, 0.15) is 10.4 Å². The van der Waals surface area contributed by atoms with Crippen molar-refractivity contribution in [3.05, 3.63) is 60.2 Å². The van der Waals surface area contributed by atoms with Crippen molar-refractivity contribution in [2.24, 2.45) is 10.2 Å². The van der Waals surface area contributed by atoms with E-state index >= 15 is 0 Å². The molecule has 132 valence electrons. The van der Waals surface area contributed by atoms with Crippen LogP contribution in [0.3, 0.4) is 0 Å². The lowest BCUT2D eigenvalue weighted by Crippen LogP contribution is -1.91. The second-order valence-electron chi connectivity index (χ2n) is 5.24. The molecule has 0 radical (unpaired) electrons. The van der Waals surface area contributed by atoms with Crippen LogP contribution in [0.2, 0.25) is 0 Å². The Morgan fingerprint density at radius 1 is 1.00 bits per heavy atom. The molecule has 7 heteroatoms. The fraction of sp³-hybridized carbons (Fsp3) is 0.105. The highest BCUT2D eigenvalue weighted by Crippen LogP contribution is 2.39. The van der Waals surface area contributed by atoms with Crippen LogP contribution in [0, 0.1) is 0 Å². The number of furan rings is 1. The van der Waals surface area contributed by atoms with Gasteiger partial charge < -0.3 is 19.0 Å². The highest BCUT2D eigenvalue weighted by atomic mass is 16.5. The lowest BCUT2D eigenvalue weighted by molar-refractivity contribution is 0.0995. The standard InChI is InChI=1S/C19H16N2O5/c1-24-15-9-8-13(10-17(15)25-2)16-11-14(19(23)26-16)20-21-18(22)12-6-4-3-5-7-12/h3-11,23H,1-2H3. The van der Waals surface area contributed by atoms with E-state index in [2.05, 4.69) is 10.2 Å². The SMILES string of the molecule is COc1ccc(-c2cc(N=NC(=O)c3ccccc3)c(O)o2)cc1OC. The Hall–Kier alpha value is -3.61. The summed E-state index contributed by atoms with van der Waals surface area (Å²) in [5, 5.41) is 17.3. The van der Waals surface area contributed by atoms with Gasteiger partial charge in [-0.3, -0.25) is 4.79 Å². The zero-order chi connectivity index (χ0) is 18.5. The molecular weight excluding hydrogens is 336 g/mol. The van der Waals surface area contributed by atoms with E-state index in [0.29, 0.717) is 28.4 Å². The van der Waals surface area contributed by atoms with Gasteiger partial charge in [0.2, 0.25) is 0 Å². The van der Waals surface area contributed by atoms with Gasteiger partial charge in [0.25, 0.3) is 5.91 Å². The minimum Gasteiger partial charge on any atom is -0.493 e. The number of hydrogen-bond acceptors (Lipinski definition) is 6. The Kier molecular flexibility index (Phi) is 4.98. The molecule has 0 atom stereocenters. The first-order valence-corrected chi connectivity index (χ1v) is 7.68. The van der Waals surface area contributed by atoms with Crippen molar-refractivity contribution in [1.82, 2.24) is 0 Å². The van der Waals surface area contributed by atoms with Gasteiger partial charge in [-0.2, -0.15) is 0 Å². The minimum absolute atomic E-state index is 0.0547. The van der Waals surface area contributed by atoms with Crippen molar-refractivity contribution in [2.45, 2.75) is 0 Å². The maximum atomic E-state index is 12.0. The molecule has 0 bridgehead atoms. The summed E-state index contributed by atoms with van der Waals surface area (Å²) < 4.78 is 15.7. The lowest BCUT2D eigenvalue weighted by atomic mass is 10.1. The molecule has 1 aromatic heterocycles. The Morgan fingerprint density at radius 2 is 1.73 bits per heavy atom. The average Bonchev–Trinajstić information content (AvgIpc) is 3.06. The summed E-state index contributed by atoms with van der Waals surface area (Å²) in [5.41, 5.74) is 1.10. The number of methoxy groups -OCH3 is 2.